The summed E-state index contributed by atoms with van der Waals surface area (Å²) in [6.45, 7) is 10.6. The van der Waals surface area contributed by atoms with Crippen LogP contribution in [-0.2, 0) is 10.8 Å². The fraction of sp³-hybridized carbons (Fsp3) is 0.444. The molecule has 4 atom stereocenters. The van der Waals surface area contributed by atoms with Crippen LogP contribution in [0.3, 0.4) is 0 Å². The molecule has 3 nitrogen and oxygen atoms in total. The Kier molecular flexibility index (Phi) is 3.76. The van der Waals surface area contributed by atoms with E-state index in [2.05, 4.69) is 92.1 Å². The van der Waals surface area contributed by atoms with Gasteiger partial charge in [0.05, 0.1) is 11.1 Å². The van der Waals surface area contributed by atoms with E-state index in [1.54, 1.807) is 22.3 Å². The number of furan rings is 1. The number of hydrogen-bond donors (Lipinski definition) is 0. The van der Waals surface area contributed by atoms with Gasteiger partial charge in [0.15, 0.2) is 5.88 Å². The minimum Gasteiger partial charge on any atom is -0.441 e. The highest BCUT2D eigenvalue weighted by Crippen LogP contribution is 2.67. The lowest BCUT2D eigenvalue weighted by Gasteiger charge is -2.53. The van der Waals surface area contributed by atoms with Crippen LogP contribution in [0.5, 0.6) is 0 Å². The molecular formula is C36H37BN2O. The molecule has 3 aromatic carbocycles. The Hall–Kier alpha value is -3.14. The Bertz CT molecular complexity index is 1820. The van der Waals surface area contributed by atoms with Gasteiger partial charge < -0.3 is 14.2 Å². The van der Waals surface area contributed by atoms with Crippen molar-refractivity contribution in [3.8, 4) is 0 Å². The topological polar surface area (TPSA) is 19.6 Å². The summed E-state index contributed by atoms with van der Waals surface area (Å²) in [4.78, 5) is 5.59. The second-order valence-corrected chi connectivity index (χ2v) is 14.7. The van der Waals surface area contributed by atoms with Crippen molar-refractivity contribution in [2.45, 2.75) is 101 Å². The van der Waals surface area contributed by atoms with E-state index in [-0.39, 0.29) is 28.6 Å². The SMILES string of the molecule is CC12CCCCC1(C)N1c3ccccc3B3c4c1c2cc1c4N(c2oc4ccccc4c23)C2(C)CCCCC12C. The molecule has 200 valence electrons. The summed E-state index contributed by atoms with van der Waals surface area (Å²) in [6, 6.07) is 20.9. The van der Waals surface area contributed by atoms with Gasteiger partial charge in [-0.25, -0.2) is 0 Å². The van der Waals surface area contributed by atoms with Gasteiger partial charge in [0.1, 0.15) is 5.58 Å². The van der Waals surface area contributed by atoms with Gasteiger partial charge in [0, 0.05) is 38.7 Å². The molecule has 10 rings (SSSR count). The lowest BCUT2D eigenvalue weighted by molar-refractivity contribution is 0.187. The van der Waals surface area contributed by atoms with E-state index >= 15 is 0 Å². The predicted octanol–water partition coefficient (Wildman–Crippen LogP) is 7.06. The fourth-order valence-electron chi connectivity index (χ4n) is 10.9. The number of fused-ring (bicyclic) bond motifs is 14. The lowest BCUT2D eigenvalue weighted by Crippen LogP contribution is -2.66. The molecule has 0 N–H and O–H groups in total. The van der Waals surface area contributed by atoms with Crippen LogP contribution in [0.4, 0.5) is 22.9 Å². The molecule has 2 fully saturated rings. The predicted molar refractivity (Wildman–Crippen MR) is 166 cm³/mol. The monoisotopic (exact) mass is 524 g/mol. The zero-order valence-corrected chi connectivity index (χ0v) is 24.2. The number of para-hydroxylation sites is 2. The normalized spacial score (nSPS) is 34.0. The summed E-state index contributed by atoms with van der Waals surface area (Å²) in [5.74, 6) is 1.11. The van der Waals surface area contributed by atoms with Crippen LogP contribution in [0.2, 0.25) is 0 Å². The fourth-order valence-corrected chi connectivity index (χ4v) is 10.9. The van der Waals surface area contributed by atoms with Crippen molar-refractivity contribution in [2.24, 2.45) is 0 Å². The summed E-state index contributed by atoms with van der Waals surface area (Å²) < 4.78 is 6.97. The second-order valence-electron chi connectivity index (χ2n) is 14.7. The Morgan fingerprint density at radius 3 is 2.02 bits per heavy atom. The van der Waals surface area contributed by atoms with Gasteiger partial charge in [-0.2, -0.15) is 0 Å². The molecule has 1 aromatic heterocycles. The lowest BCUT2D eigenvalue weighted by atomic mass is 9.33. The van der Waals surface area contributed by atoms with Gasteiger partial charge in [-0.1, -0.05) is 82.0 Å². The number of anilines is 4. The highest BCUT2D eigenvalue weighted by molar-refractivity contribution is 7.01. The van der Waals surface area contributed by atoms with Crippen LogP contribution in [0.15, 0.2) is 59.0 Å². The van der Waals surface area contributed by atoms with Gasteiger partial charge in [-0.05, 0) is 73.7 Å². The first-order valence-corrected chi connectivity index (χ1v) is 15.8. The van der Waals surface area contributed by atoms with Gasteiger partial charge in [0.25, 0.3) is 6.71 Å². The molecule has 0 saturated heterocycles. The summed E-state index contributed by atoms with van der Waals surface area (Å²) >= 11 is 0. The van der Waals surface area contributed by atoms with Crippen molar-refractivity contribution in [1.82, 2.24) is 0 Å². The third kappa shape index (κ3) is 2.07. The molecule has 6 aliphatic rings. The summed E-state index contributed by atoms with van der Waals surface area (Å²) in [5, 5.41) is 1.29. The first-order chi connectivity index (χ1) is 19.3. The van der Waals surface area contributed by atoms with Crippen LogP contribution in [0, 0.1) is 0 Å². The van der Waals surface area contributed by atoms with E-state index in [4.69, 9.17) is 4.42 Å². The maximum atomic E-state index is 6.97. The smallest absolute Gasteiger partial charge is 0.257 e. The summed E-state index contributed by atoms with van der Waals surface area (Å²) in [5.41, 5.74) is 13.5. The Balaban J connectivity index is 1.43. The van der Waals surface area contributed by atoms with Crippen LogP contribution in [-0.4, -0.2) is 17.8 Å². The summed E-state index contributed by atoms with van der Waals surface area (Å²) in [6.07, 6.45) is 10.2. The van der Waals surface area contributed by atoms with Crippen molar-refractivity contribution in [3.63, 3.8) is 0 Å². The number of nitrogens with zero attached hydrogens (tertiary/aromatic N) is 2. The third-order valence-electron chi connectivity index (χ3n) is 13.4. The molecule has 4 unspecified atom stereocenters. The number of benzene rings is 3. The van der Waals surface area contributed by atoms with Crippen LogP contribution in [0.1, 0.15) is 90.2 Å². The average molecular weight is 525 g/mol. The molecule has 4 aromatic rings. The average Bonchev–Trinajstić information content (AvgIpc) is 3.51. The van der Waals surface area contributed by atoms with E-state index in [0.717, 1.165) is 11.5 Å². The molecule has 2 aliphatic carbocycles. The third-order valence-corrected chi connectivity index (χ3v) is 13.4. The zero-order chi connectivity index (χ0) is 26.8. The highest BCUT2D eigenvalue weighted by Gasteiger charge is 2.67. The molecule has 0 bridgehead atoms. The van der Waals surface area contributed by atoms with Crippen molar-refractivity contribution in [2.75, 3.05) is 9.80 Å². The van der Waals surface area contributed by atoms with Gasteiger partial charge in [-0.15, -0.1) is 0 Å². The molecule has 0 radical (unpaired) electrons. The number of hydrogen-bond acceptors (Lipinski definition) is 3. The molecule has 5 heterocycles. The standard InChI is InChI=1S/C36H37BN2O/c1-33-17-9-11-19-35(33,3)38-26-15-7-6-14-25(26)37-28-22-13-5-8-16-27(22)40-32(28)39-31-24(21-23(33)30(38)29(31)37)34(2)18-10-12-20-36(34,39)4/h5-8,13-16,21H,9-12,17-20H2,1-4H3. The Morgan fingerprint density at radius 2 is 1.27 bits per heavy atom. The molecule has 4 heteroatoms. The minimum absolute atomic E-state index is 0.00530. The van der Waals surface area contributed by atoms with Crippen LogP contribution in [0.25, 0.3) is 11.0 Å². The maximum absolute atomic E-state index is 6.97. The second kappa shape index (κ2) is 6.67. The first-order valence-electron chi connectivity index (χ1n) is 15.8. The molecule has 40 heavy (non-hydrogen) atoms. The largest absolute Gasteiger partial charge is 0.441 e. The molecular weight excluding hydrogens is 487 g/mol. The van der Waals surface area contributed by atoms with E-state index < -0.39 is 0 Å². The van der Waals surface area contributed by atoms with Crippen molar-refractivity contribution >= 4 is 57.0 Å². The zero-order valence-electron chi connectivity index (χ0n) is 24.2. The van der Waals surface area contributed by atoms with E-state index in [9.17, 15) is 0 Å². The van der Waals surface area contributed by atoms with Gasteiger partial charge >= 0.3 is 0 Å². The maximum Gasteiger partial charge on any atom is 0.257 e. The first kappa shape index (κ1) is 22.5. The van der Waals surface area contributed by atoms with Gasteiger partial charge in [0.2, 0.25) is 0 Å². The minimum atomic E-state index is 0.00530. The van der Waals surface area contributed by atoms with Crippen LogP contribution >= 0.6 is 0 Å². The summed E-state index contributed by atoms with van der Waals surface area (Å²) in [7, 11) is 0. The highest BCUT2D eigenvalue weighted by atomic mass is 16.4. The molecule has 2 saturated carbocycles. The Labute approximate surface area is 237 Å². The van der Waals surface area contributed by atoms with Crippen LogP contribution < -0.4 is 26.2 Å². The van der Waals surface area contributed by atoms with E-state index in [0.29, 0.717) is 0 Å². The van der Waals surface area contributed by atoms with E-state index in [1.165, 1.54) is 79.1 Å². The molecule has 4 aliphatic heterocycles. The molecule has 0 spiro atoms. The quantitative estimate of drug-likeness (QED) is 0.230. The van der Waals surface area contributed by atoms with Gasteiger partial charge in [-0.3, -0.25) is 0 Å². The van der Waals surface area contributed by atoms with E-state index in [1.807, 2.05) is 0 Å². The number of rotatable bonds is 0. The molecule has 0 amide bonds. The van der Waals surface area contributed by atoms with Crippen molar-refractivity contribution in [1.29, 1.82) is 0 Å². The van der Waals surface area contributed by atoms with Crippen molar-refractivity contribution < 1.29 is 4.42 Å². The van der Waals surface area contributed by atoms with Crippen molar-refractivity contribution in [3.05, 3.63) is 65.7 Å². The Morgan fingerprint density at radius 1 is 0.675 bits per heavy atom.